The molecule has 0 saturated heterocycles. The number of phenolic OH excluding ortho intramolecular Hbond substituents is 1. The second kappa shape index (κ2) is 3.00. The lowest BCUT2D eigenvalue weighted by molar-refractivity contribution is 0.470. The Morgan fingerprint density at radius 1 is 1.46 bits per heavy atom. The highest BCUT2D eigenvalue weighted by Crippen LogP contribution is 2.12. The predicted molar refractivity (Wildman–Crippen MR) is 54.8 cm³/mol. The molecule has 1 aromatic rings. The zero-order valence-electron chi connectivity index (χ0n) is 7.08. The number of phenols is 1. The minimum Gasteiger partial charge on any atom is -0.507 e. The van der Waals surface area contributed by atoms with Crippen molar-refractivity contribution in [2.45, 2.75) is 6.92 Å². The van der Waals surface area contributed by atoms with E-state index in [0.29, 0.717) is 0 Å². The minimum atomic E-state index is 0.268. The van der Waals surface area contributed by atoms with E-state index in [4.69, 9.17) is 0 Å². The lowest BCUT2D eigenvalue weighted by atomic mass is 10.2. The lowest BCUT2D eigenvalue weighted by Crippen LogP contribution is -2.21. The Morgan fingerprint density at radius 3 is 2.92 bits per heavy atom. The van der Waals surface area contributed by atoms with Crippen LogP contribution in [-0.4, -0.2) is 5.11 Å². The van der Waals surface area contributed by atoms with E-state index in [-0.39, 0.29) is 5.75 Å². The number of hydrogen-bond acceptors (Lipinski definition) is 2. The van der Waals surface area contributed by atoms with Gasteiger partial charge in [-0.2, -0.15) is 0 Å². The van der Waals surface area contributed by atoms with E-state index in [1.54, 1.807) is 6.07 Å². The number of benzene rings is 1. The summed E-state index contributed by atoms with van der Waals surface area (Å²) in [4.78, 5) is 4.31. The quantitative estimate of drug-likeness (QED) is 0.729. The first-order chi connectivity index (χ1) is 6.20. The van der Waals surface area contributed by atoms with Gasteiger partial charge in [0.15, 0.2) is 0 Å². The number of rotatable bonds is 0. The second-order valence-electron chi connectivity index (χ2n) is 2.83. The van der Waals surface area contributed by atoms with Crippen molar-refractivity contribution in [2.24, 2.45) is 4.99 Å². The highest BCUT2D eigenvalue weighted by atomic mass is 79.9. The number of aromatic hydroxyl groups is 1. The maximum absolute atomic E-state index is 9.58. The van der Waals surface area contributed by atoms with Crippen molar-refractivity contribution in [3.8, 4) is 5.75 Å². The molecule has 0 fully saturated rings. The Kier molecular flexibility index (Phi) is 1.96. The van der Waals surface area contributed by atoms with Crippen molar-refractivity contribution < 1.29 is 5.11 Å². The first-order valence-electron chi connectivity index (χ1n) is 3.96. The highest BCUT2D eigenvalue weighted by molar-refractivity contribution is 9.10. The number of fused-ring (bicyclic) bond motifs is 1. The molecule has 0 amide bonds. The van der Waals surface area contributed by atoms with Crippen molar-refractivity contribution in [1.82, 2.24) is 0 Å². The summed E-state index contributed by atoms with van der Waals surface area (Å²) >= 11 is 3.30. The van der Waals surface area contributed by atoms with Gasteiger partial charge in [0, 0.05) is 9.69 Å². The van der Waals surface area contributed by atoms with E-state index < -0.39 is 0 Å². The van der Waals surface area contributed by atoms with Gasteiger partial charge >= 0.3 is 0 Å². The first kappa shape index (κ1) is 8.51. The average Bonchev–Trinajstić information content (AvgIpc) is 2.47. The fourth-order valence-electron chi connectivity index (χ4n) is 1.30. The molecule has 66 valence electrons. The summed E-state index contributed by atoms with van der Waals surface area (Å²) in [6.45, 7) is 1.92. The topological polar surface area (TPSA) is 32.6 Å². The van der Waals surface area contributed by atoms with Crippen molar-refractivity contribution in [3.05, 3.63) is 39.0 Å². The predicted octanol–water partition coefficient (Wildman–Crippen LogP) is 1.47. The van der Waals surface area contributed by atoms with Gasteiger partial charge in [0.2, 0.25) is 0 Å². The molecule has 0 aromatic heterocycles. The van der Waals surface area contributed by atoms with Crippen molar-refractivity contribution in [1.29, 1.82) is 0 Å². The minimum absolute atomic E-state index is 0.268. The van der Waals surface area contributed by atoms with Crippen molar-refractivity contribution >= 4 is 22.0 Å². The van der Waals surface area contributed by atoms with E-state index >= 15 is 0 Å². The molecule has 1 heterocycles. The maximum atomic E-state index is 9.58. The van der Waals surface area contributed by atoms with Crippen LogP contribution >= 0.6 is 15.9 Å². The molecule has 1 aromatic carbocycles. The van der Waals surface area contributed by atoms with Crippen LogP contribution < -0.4 is 10.6 Å². The summed E-state index contributed by atoms with van der Waals surface area (Å²) < 4.78 is 0.846. The van der Waals surface area contributed by atoms with E-state index in [1.807, 2.05) is 25.1 Å². The molecule has 1 aliphatic rings. The van der Waals surface area contributed by atoms with Crippen LogP contribution in [0.1, 0.15) is 6.92 Å². The Balaban J connectivity index is 2.85. The number of allylic oxidation sites excluding steroid dienone is 2. The van der Waals surface area contributed by atoms with E-state index in [1.165, 1.54) is 0 Å². The molecule has 2 nitrogen and oxygen atoms in total. The fourth-order valence-corrected chi connectivity index (χ4v) is 1.73. The Labute approximate surface area is 84.1 Å². The van der Waals surface area contributed by atoms with Crippen LogP contribution in [0.4, 0.5) is 0 Å². The summed E-state index contributed by atoms with van der Waals surface area (Å²) in [7, 11) is 0. The summed E-state index contributed by atoms with van der Waals surface area (Å²) in [5.74, 6) is 0.268. The Bertz CT molecular complexity index is 502. The first-order valence-corrected chi connectivity index (χ1v) is 4.75. The van der Waals surface area contributed by atoms with Gasteiger partial charge in [-0.1, -0.05) is 22.0 Å². The van der Waals surface area contributed by atoms with E-state index in [9.17, 15) is 5.11 Å². The zero-order chi connectivity index (χ0) is 9.42. The third-order valence-corrected chi connectivity index (χ3v) is 2.40. The molecule has 0 atom stereocenters. The van der Waals surface area contributed by atoms with Gasteiger partial charge in [-0.3, -0.25) is 0 Å². The molecule has 3 heteroatoms. The summed E-state index contributed by atoms with van der Waals surface area (Å²) in [6, 6.07) is 3.56. The number of nitrogens with zero attached hydrogens (tertiary/aromatic N) is 1. The lowest BCUT2D eigenvalue weighted by Gasteiger charge is -1.91. The van der Waals surface area contributed by atoms with Gasteiger partial charge < -0.3 is 5.11 Å². The largest absolute Gasteiger partial charge is 0.507 e. The van der Waals surface area contributed by atoms with Gasteiger partial charge in [-0.15, -0.1) is 0 Å². The molecule has 1 aliphatic heterocycles. The van der Waals surface area contributed by atoms with Gasteiger partial charge in [0.25, 0.3) is 0 Å². The third kappa shape index (κ3) is 1.40. The van der Waals surface area contributed by atoms with Crippen LogP contribution in [0, 0.1) is 0 Å². The SMILES string of the molecule is C/C=C1\C=c2c(O)cc(Br)cc2=N1. The molecule has 0 aliphatic carbocycles. The van der Waals surface area contributed by atoms with Crippen molar-refractivity contribution in [2.75, 3.05) is 0 Å². The van der Waals surface area contributed by atoms with Crippen LogP contribution in [0.25, 0.3) is 6.08 Å². The standard InChI is InChI=1S/C10H8BrNO/c1-2-7-5-8-9(12-7)3-6(11)4-10(8)13/h2-5,13H,1H3/b7-2+. The molecule has 0 saturated carbocycles. The van der Waals surface area contributed by atoms with Crippen molar-refractivity contribution in [3.63, 3.8) is 0 Å². The molecule has 0 unspecified atom stereocenters. The van der Waals surface area contributed by atoms with Gasteiger partial charge in [-0.05, 0) is 25.1 Å². The van der Waals surface area contributed by atoms with Crippen LogP contribution in [0.5, 0.6) is 5.75 Å². The summed E-state index contributed by atoms with van der Waals surface area (Å²) in [6.07, 6.45) is 3.78. The normalized spacial score (nSPS) is 16.6. The fraction of sp³-hybridized carbons (Fsp3) is 0.100. The molecule has 1 N–H and O–H groups in total. The van der Waals surface area contributed by atoms with Gasteiger partial charge in [0.05, 0.1) is 11.1 Å². The van der Waals surface area contributed by atoms with E-state index in [2.05, 4.69) is 20.9 Å². The highest BCUT2D eigenvalue weighted by Gasteiger charge is 2.04. The molecule has 0 spiro atoms. The number of hydrogen-bond donors (Lipinski definition) is 1. The molecule has 13 heavy (non-hydrogen) atoms. The van der Waals surface area contributed by atoms with Gasteiger partial charge in [0.1, 0.15) is 5.75 Å². The Morgan fingerprint density at radius 2 is 2.23 bits per heavy atom. The van der Waals surface area contributed by atoms with Crippen LogP contribution in [0.3, 0.4) is 0 Å². The molecule has 0 radical (unpaired) electrons. The van der Waals surface area contributed by atoms with E-state index in [0.717, 1.165) is 20.7 Å². The number of halogens is 1. The molecular weight excluding hydrogens is 230 g/mol. The van der Waals surface area contributed by atoms with Crippen LogP contribution in [0.2, 0.25) is 0 Å². The average molecular weight is 238 g/mol. The van der Waals surface area contributed by atoms with Crippen LogP contribution in [0.15, 0.2) is 33.4 Å². The molecule has 0 bridgehead atoms. The Hall–Kier alpha value is -1.09. The third-order valence-electron chi connectivity index (χ3n) is 1.94. The second-order valence-corrected chi connectivity index (χ2v) is 3.74. The zero-order valence-corrected chi connectivity index (χ0v) is 8.67. The van der Waals surface area contributed by atoms with Gasteiger partial charge in [-0.25, -0.2) is 4.99 Å². The molecule has 2 rings (SSSR count). The molecular formula is C10H8BrNO. The van der Waals surface area contributed by atoms with Crippen LogP contribution in [-0.2, 0) is 0 Å². The maximum Gasteiger partial charge on any atom is 0.126 e. The smallest absolute Gasteiger partial charge is 0.126 e. The monoisotopic (exact) mass is 237 g/mol. The summed E-state index contributed by atoms with van der Waals surface area (Å²) in [5, 5.41) is 11.2. The summed E-state index contributed by atoms with van der Waals surface area (Å²) in [5.41, 5.74) is 0.892.